The highest BCUT2D eigenvalue weighted by Gasteiger charge is 2.34. The second kappa shape index (κ2) is 6.49. The Bertz CT molecular complexity index is 1720. The molecule has 0 aliphatic carbocycles. The molecule has 1 aromatic heterocycles. The maximum atomic E-state index is 6.31. The van der Waals surface area contributed by atoms with E-state index in [1.165, 1.54) is 43.7 Å². The summed E-state index contributed by atoms with van der Waals surface area (Å²) < 4.78 is 8.71. The van der Waals surface area contributed by atoms with Crippen molar-refractivity contribution in [2.24, 2.45) is 0 Å². The third-order valence-corrected chi connectivity index (χ3v) is 7.22. The van der Waals surface area contributed by atoms with Crippen molar-refractivity contribution in [1.82, 2.24) is 4.57 Å². The summed E-state index contributed by atoms with van der Waals surface area (Å²) in [5, 5.41) is 5.08. The molecule has 1 aliphatic rings. The zero-order valence-corrected chi connectivity index (χ0v) is 18.7. The highest BCUT2D eigenvalue weighted by Crippen LogP contribution is 2.48. The lowest BCUT2D eigenvalue weighted by molar-refractivity contribution is 0.418. The van der Waals surface area contributed by atoms with Crippen LogP contribution in [0.25, 0.3) is 38.3 Å². The summed E-state index contributed by atoms with van der Waals surface area (Å²) >= 11 is 0. The van der Waals surface area contributed by atoms with Crippen LogP contribution in [0.2, 0.25) is 0 Å². The first-order valence-corrected chi connectivity index (χ1v) is 11.5. The van der Waals surface area contributed by atoms with E-state index in [1.807, 2.05) is 6.07 Å². The number of fused-ring (bicyclic) bond motifs is 6. The largest absolute Gasteiger partial charge is 0.457 e. The summed E-state index contributed by atoms with van der Waals surface area (Å²) in [4.78, 5) is 0. The van der Waals surface area contributed by atoms with Crippen LogP contribution in [0.4, 0.5) is 0 Å². The minimum atomic E-state index is -0.147. The molecule has 7 rings (SSSR count). The molecule has 2 heteroatoms. The number of aromatic nitrogens is 1. The number of para-hydroxylation sites is 2. The summed E-state index contributed by atoms with van der Waals surface area (Å²) in [5.74, 6) is 1.89. The van der Waals surface area contributed by atoms with Gasteiger partial charge in [-0.1, -0.05) is 74.5 Å². The van der Waals surface area contributed by atoms with E-state index in [0.29, 0.717) is 0 Å². The molecule has 0 saturated carbocycles. The molecule has 0 radical (unpaired) electrons. The lowest BCUT2D eigenvalue weighted by Gasteiger charge is -2.34. The van der Waals surface area contributed by atoms with E-state index in [-0.39, 0.29) is 5.41 Å². The molecule has 0 unspecified atom stereocenters. The highest BCUT2D eigenvalue weighted by atomic mass is 16.5. The van der Waals surface area contributed by atoms with Crippen molar-refractivity contribution < 1.29 is 4.74 Å². The summed E-state index contributed by atoms with van der Waals surface area (Å²) in [7, 11) is 0. The standard InChI is InChI=1S/C31H23NO/c1-31(2)25-12-6-8-14-29(25)33-30-16-15-22(19-26(30)31)32-27-13-7-5-11-23(27)24-17-20-9-3-4-10-21(20)18-28(24)32/h3-19H,1-2H3. The molecule has 6 aromatic rings. The molecule has 1 aliphatic heterocycles. The van der Waals surface area contributed by atoms with Crippen molar-refractivity contribution in [2.75, 3.05) is 0 Å². The zero-order valence-electron chi connectivity index (χ0n) is 18.7. The van der Waals surface area contributed by atoms with Crippen LogP contribution in [0.3, 0.4) is 0 Å². The quantitative estimate of drug-likeness (QED) is 0.258. The molecule has 0 spiro atoms. The van der Waals surface area contributed by atoms with Crippen LogP contribution < -0.4 is 4.74 Å². The summed E-state index contributed by atoms with van der Waals surface area (Å²) in [6, 6.07) is 36.9. The van der Waals surface area contributed by atoms with Crippen molar-refractivity contribution in [3.05, 3.63) is 114 Å². The first-order chi connectivity index (χ1) is 16.1. The van der Waals surface area contributed by atoms with Crippen molar-refractivity contribution in [3.8, 4) is 17.2 Å². The van der Waals surface area contributed by atoms with Gasteiger partial charge in [0.15, 0.2) is 0 Å². The maximum absolute atomic E-state index is 6.31. The van der Waals surface area contributed by atoms with Gasteiger partial charge in [0.2, 0.25) is 0 Å². The van der Waals surface area contributed by atoms with Gasteiger partial charge in [0.1, 0.15) is 11.5 Å². The monoisotopic (exact) mass is 425 g/mol. The van der Waals surface area contributed by atoms with E-state index in [4.69, 9.17) is 4.74 Å². The predicted molar refractivity (Wildman–Crippen MR) is 137 cm³/mol. The Labute approximate surface area is 192 Å². The molecule has 5 aromatic carbocycles. The Morgan fingerprint density at radius 1 is 0.576 bits per heavy atom. The van der Waals surface area contributed by atoms with E-state index >= 15 is 0 Å². The average molecular weight is 426 g/mol. The molecule has 158 valence electrons. The van der Waals surface area contributed by atoms with Crippen molar-refractivity contribution in [1.29, 1.82) is 0 Å². The Morgan fingerprint density at radius 3 is 2.15 bits per heavy atom. The molecular weight excluding hydrogens is 402 g/mol. The first kappa shape index (κ1) is 18.5. The second-order valence-electron chi connectivity index (χ2n) is 9.47. The molecule has 2 heterocycles. The van der Waals surface area contributed by atoms with Gasteiger partial charge in [-0.2, -0.15) is 0 Å². The van der Waals surface area contributed by atoms with Crippen LogP contribution in [-0.2, 0) is 5.41 Å². The molecular formula is C31H23NO. The lowest BCUT2D eigenvalue weighted by Crippen LogP contribution is -2.24. The van der Waals surface area contributed by atoms with Crippen LogP contribution in [0.15, 0.2) is 103 Å². The highest BCUT2D eigenvalue weighted by molar-refractivity contribution is 6.13. The number of nitrogens with zero attached hydrogens (tertiary/aromatic N) is 1. The fourth-order valence-electron chi connectivity index (χ4n) is 5.50. The minimum absolute atomic E-state index is 0.147. The number of ether oxygens (including phenoxy) is 1. The zero-order chi connectivity index (χ0) is 22.2. The second-order valence-corrected chi connectivity index (χ2v) is 9.47. The molecule has 33 heavy (non-hydrogen) atoms. The Morgan fingerprint density at radius 2 is 1.27 bits per heavy atom. The maximum Gasteiger partial charge on any atom is 0.131 e. The van der Waals surface area contributed by atoms with Crippen molar-refractivity contribution in [3.63, 3.8) is 0 Å². The third-order valence-electron chi connectivity index (χ3n) is 7.22. The number of benzene rings is 5. The molecule has 0 fully saturated rings. The van der Waals surface area contributed by atoms with Crippen LogP contribution in [-0.4, -0.2) is 4.57 Å². The third kappa shape index (κ3) is 2.55. The molecule has 0 saturated heterocycles. The smallest absolute Gasteiger partial charge is 0.131 e. The van der Waals surface area contributed by atoms with Gasteiger partial charge in [0, 0.05) is 33.0 Å². The van der Waals surface area contributed by atoms with Gasteiger partial charge in [-0.15, -0.1) is 0 Å². The van der Waals surface area contributed by atoms with Gasteiger partial charge < -0.3 is 9.30 Å². The van der Waals surface area contributed by atoms with Gasteiger partial charge >= 0.3 is 0 Å². The molecule has 0 atom stereocenters. The SMILES string of the molecule is CC1(C)c2ccccc2Oc2ccc(-n3c4ccccc4c4cc5ccccc5cc43)cc21. The van der Waals surface area contributed by atoms with Gasteiger partial charge in [0.05, 0.1) is 11.0 Å². The number of hydrogen-bond donors (Lipinski definition) is 0. The fraction of sp³-hybridized carbons (Fsp3) is 0.0968. The summed E-state index contributed by atoms with van der Waals surface area (Å²) in [6.45, 7) is 4.58. The van der Waals surface area contributed by atoms with Crippen LogP contribution in [0, 0.1) is 0 Å². The van der Waals surface area contributed by atoms with Gasteiger partial charge in [-0.25, -0.2) is 0 Å². The van der Waals surface area contributed by atoms with Gasteiger partial charge in [0.25, 0.3) is 0 Å². The Hall–Kier alpha value is -4.04. The summed E-state index contributed by atoms with van der Waals surface area (Å²) in [6.07, 6.45) is 0. The molecule has 2 nitrogen and oxygen atoms in total. The van der Waals surface area contributed by atoms with E-state index in [9.17, 15) is 0 Å². The Kier molecular flexibility index (Phi) is 3.64. The van der Waals surface area contributed by atoms with Crippen molar-refractivity contribution >= 4 is 32.6 Å². The first-order valence-electron chi connectivity index (χ1n) is 11.5. The van der Waals surface area contributed by atoms with Crippen LogP contribution in [0.1, 0.15) is 25.0 Å². The number of rotatable bonds is 1. The van der Waals surface area contributed by atoms with Crippen LogP contribution >= 0.6 is 0 Å². The van der Waals surface area contributed by atoms with Crippen LogP contribution in [0.5, 0.6) is 11.5 Å². The topological polar surface area (TPSA) is 14.2 Å². The fourth-order valence-corrected chi connectivity index (χ4v) is 5.50. The minimum Gasteiger partial charge on any atom is -0.457 e. The molecule has 0 amide bonds. The molecule has 0 bridgehead atoms. The van der Waals surface area contributed by atoms with E-state index in [0.717, 1.165) is 17.2 Å². The predicted octanol–water partition coefficient (Wildman–Crippen LogP) is 8.37. The number of hydrogen-bond acceptors (Lipinski definition) is 1. The lowest BCUT2D eigenvalue weighted by atomic mass is 9.75. The van der Waals surface area contributed by atoms with Gasteiger partial charge in [-0.3, -0.25) is 0 Å². The van der Waals surface area contributed by atoms with E-state index in [2.05, 4.69) is 115 Å². The Balaban J connectivity index is 1.53. The van der Waals surface area contributed by atoms with E-state index < -0.39 is 0 Å². The van der Waals surface area contributed by atoms with Crippen molar-refractivity contribution in [2.45, 2.75) is 19.3 Å². The normalized spacial score (nSPS) is 14.2. The summed E-state index contributed by atoms with van der Waals surface area (Å²) in [5.41, 5.74) is 5.90. The average Bonchev–Trinajstić information content (AvgIpc) is 3.16. The molecule has 0 N–H and O–H groups in total. The van der Waals surface area contributed by atoms with E-state index in [1.54, 1.807) is 0 Å². The van der Waals surface area contributed by atoms with Gasteiger partial charge in [-0.05, 0) is 53.2 Å².